The van der Waals surface area contributed by atoms with Crippen molar-refractivity contribution in [2.45, 2.75) is 38.7 Å². The number of hydrogen-bond donors (Lipinski definition) is 2. The SMILES string of the molecule is Cc1nc(NC(=O)CC2CCCCO2)sc1-c1csc(Nc2ccccc2)n1. The first-order chi connectivity index (χ1) is 13.7. The van der Waals surface area contributed by atoms with Crippen molar-refractivity contribution in [2.75, 3.05) is 17.2 Å². The number of carbonyl (C=O) groups excluding carboxylic acids is 1. The Kier molecular flexibility index (Phi) is 5.99. The Bertz CT molecular complexity index is 933. The van der Waals surface area contributed by atoms with E-state index in [9.17, 15) is 4.79 Å². The minimum Gasteiger partial charge on any atom is -0.378 e. The maximum absolute atomic E-state index is 12.3. The van der Waals surface area contributed by atoms with E-state index in [2.05, 4.69) is 20.6 Å². The monoisotopic (exact) mass is 414 g/mol. The van der Waals surface area contributed by atoms with Crippen LogP contribution in [0, 0.1) is 6.92 Å². The lowest BCUT2D eigenvalue weighted by molar-refractivity contribution is -0.119. The first-order valence-corrected chi connectivity index (χ1v) is 11.0. The minimum atomic E-state index is -0.0445. The number of nitrogens with one attached hydrogen (secondary N) is 2. The minimum absolute atomic E-state index is 0.0273. The van der Waals surface area contributed by atoms with E-state index in [4.69, 9.17) is 4.74 Å². The number of aryl methyl sites for hydroxylation is 1. The number of carbonyl (C=O) groups is 1. The standard InChI is InChI=1S/C20H22N4O2S2/c1-13-18(16-12-27-19(23-16)22-14-7-3-2-4-8-14)28-20(21-13)24-17(25)11-15-9-5-6-10-26-15/h2-4,7-8,12,15H,5-6,9-11H2,1H3,(H,22,23)(H,21,24,25). The first-order valence-electron chi connectivity index (χ1n) is 9.34. The van der Waals surface area contributed by atoms with Crippen LogP contribution in [0.1, 0.15) is 31.4 Å². The fourth-order valence-electron chi connectivity index (χ4n) is 3.11. The highest BCUT2D eigenvalue weighted by Gasteiger charge is 2.19. The summed E-state index contributed by atoms with van der Waals surface area (Å²) in [5.41, 5.74) is 2.74. The van der Waals surface area contributed by atoms with Crippen LogP contribution in [-0.4, -0.2) is 28.6 Å². The number of para-hydroxylation sites is 1. The lowest BCUT2D eigenvalue weighted by atomic mass is 10.1. The Morgan fingerprint density at radius 2 is 2.07 bits per heavy atom. The lowest BCUT2D eigenvalue weighted by Gasteiger charge is -2.21. The maximum atomic E-state index is 12.3. The molecule has 1 aliphatic rings. The molecule has 3 aromatic rings. The molecule has 3 heterocycles. The Labute approximate surface area is 172 Å². The van der Waals surface area contributed by atoms with E-state index >= 15 is 0 Å². The zero-order chi connectivity index (χ0) is 19.3. The van der Waals surface area contributed by atoms with Crippen molar-refractivity contribution in [2.24, 2.45) is 0 Å². The van der Waals surface area contributed by atoms with Gasteiger partial charge in [0.2, 0.25) is 5.91 Å². The molecule has 1 fully saturated rings. The van der Waals surface area contributed by atoms with Crippen LogP contribution in [0.5, 0.6) is 0 Å². The van der Waals surface area contributed by atoms with Gasteiger partial charge in [0, 0.05) is 17.7 Å². The van der Waals surface area contributed by atoms with Crippen LogP contribution in [0.3, 0.4) is 0 Å². The second kappa shape index (κ2) is 8.81. The van der Waals surface area contributed by atoms with Crippen LogP contribution in [-0.2, 0) is 9.53 Å². The molecule has 146 valence electrons. The van der Waals surface area contributed by atoms with E-state index in [0.717, 1.165) is 53.0 Å². The van der Waals surface area contributed by atoms with Crippen LogP contribution < -0.4 is 10.6 Å². The highest BCUT2D eigenvalue weighted by atomic mass is 32.1. The number of aromatic nitrogens is 2. The van der Waals surface area contributed by atoms with Crippen molar-refractivity contribution >= 4 is 44.5 Å². The number of anilines is 3. The van der Waals surface area contributed by atoms with Gasteiger partial charge in [-0.1, -0.05) is 29.5 Å². The molecule has 28 heavy (non-hydrogen) atoms. The van der Waals surface area contributed by atoms with Crippen LogP contribution >= 0.6 is 22.7 Å². The fourth-order valence-corrected chi connectivity index (χ4v) is 4.85. The number of amides is 1. The molecule has 0 radical (unpaired) electrons. The molecule has 6 nitrogen and oxygen atoms in total. The first kappa shape index (κ1) is 19.0. The maximum Gasteiger partial charge on any atom is 0.228 e. The van der Waals surface area contributed by atoms with Gasteiger partial charge in [0.15, 0.2) is 10.3 Å². The van der Waals surface area contributed by atoms with Crippen molar-refractivity contribution in [1.29, 1.82) is 0 Å². The average Bonchev–Trinajstić information content (AvgIpc) is 3.29. The van der Waals surface area contributed by atoms with Gasteiger partial charge in [-0.15, -0.1) is 11.3 Å². The summed E-state index contributed by atoms with van der Waals surface area (Å²) in [5.74, 6) is -0.0445. The third-order valence-electron chi connectivity index (χ3n) is 4.49. The second-order valence-corrected chi connectivity index (χ2v) is 8.56. The summed E-state index contributed by atoms with van der Waals surface area (Å²) in [6.45, 7) is 2.69. The summed E-state index contributed by atoms with van der Waals surface area (Å²) in [7, 11) is 0. The van der Waals surface area contributed by atoms with Gasteiger partial charge >= 0.3 is 0 Å². The Morgan fingerprint density at radius 1 is 1.21 bits per heavy atom. The normalized spacial score (nSPS) is 16.7. The van der Waals surface area contributed by atoms with Crippen molar-refractivity contribution in [3.63, 3.8) is 0 Å². The third-order valence-corrected chi connectivity index (χ3v) is 6.34. The molecule has 0 bridgehead atoms. The van der Waals surface area contributed by atoms with Crippen LogP contribution in [0.25, 0.3) is 10.6 Å². The van der Waals surface area contributed by atoms with Crippen molar-refractivity contribution < 1.29 is 9.53 Å². The van der Waals surface area contributed by atoms with Gasteiger partial charge in [-0.25, -0.2) is 9.97 Å². The number of benzene rings is 1. The van der Waals surface area contributed by atoms with Gasteiger partial charge in [0.05, 0.1) is 28.8 Å². The fraction of sp³-hybridized carbons (Fsp3) is 0.350. The van der Waals surface area contributed by atoms with E-state index in [1.807, 2.05) is 42.6 Å². The van der Waals surface area contributed by atoms with E-state index in [0.29, 0.717) is 11.6 Å². The molecular formula is C20H22N4O2S2. The zero-order valence-electron chi connectivity index (χ0n) is 15.6. The topological polar surface area (TPSA) is 76.1 Å². The van der Waals surface area contributed by atoms with Gasteiger partial charge in [-0.05, 0) is 38.3 Å². The van der Waals surface area contributed by atoms with E-state index < -0.39 is 0 Å². The van der Waals surface area contributed by atoms with Crippen molar-refractivity contribution in [3.8, 4) is 10.6 Å². The molecule has 1 aromatic carbocycles. The molecule has 1 unspecified atom stereocenters. The van der Waals surface area contributed by atoms with Crippen molar-refractivity contribution in [3.05, 3.63) is 41.4 Å². The lowest BCUT2D eigenvalue weighted by Crippen LogP contribution is -2.25. The van der Waals surface area contributed by atoms with Gasteiger partial charge in [-0.3, -0.25) is 4.79 Å². The highest BCUT2D eigenvalue weighted by Crippen LogP contribution is 2.35. The van der Waals surface area contributed by atoms with Gasteiger partial charge in [0.1, 0.15) is 0 Å². The summed E-state index contributed by atoms with van der Waals surface area (Å²) in [5, 5.41) is 9.67. The molecule has 1 atom stereocenters. The molecule has 1 aliphatic heterocycles. The summed E-state index contributed by atoms with van der Waals surface area (Å²) >= 11 is 3.00. The summed E-state index contributed by atoms with van der Waals surface area (Å²) < 4.78 is 5.64. The number of nitrogens with zero attached hydrogens (tertiary/aromatic N) is 2. The predicted octanol–water partition coefficient (Wildman–Crippen LogP) is 5.22. The van der Waals surface area contributed by atoms with E-state index in [1.54, 1.807) is 11.3 Å². The number of ether oxygens (including phenoxy) is 1. The van der Waals surface area contributed by atoms with Gasteiger partial charge in [-0.2, -0.15) is 0 Å². The molecule has 2 aromatic heterocycles. The number of hydrogen-bond acceptors (Lipinski definition) is 7. The largest absolute Gasteiger partial charge is 0.378 e. The molecule has 2 N–H and O–H groups in total. The average molecular weight is 415 g/mol. The number of thiazole rings is 2. The zero-order valence-corrected chi connectivity index (χ0v) is 17.2. The Morgan fingerprint density at radius 3 is 2.86 bits per heavy atom. The quantitative estimate of drug-likeness (QED) is 0.579. The molecule has 0 aliphatic carbocycles. The van der Waals surface area contributed by atoms with E-state index in [-0.39, 0.29) is 12.0 Å². The van der Waals surface area contributed by atoms with Crippen LogP contribution in [0.4, 0.5) is 16.0 Å². The van der Waals surface area contributed by atoms with Gasteiger partial charge < -0.3 is 15.4 Å². The molecule has 1 amide bonds. The van der Waals surface area contributed by atoms with Crippen LogP contribution in [0.15, 0.2) is 35.7 Å². The summed E-state index contributed by atoms with van der Waals surface area (Å²) in [6.07, 6.45) is 3.57. The number of rotatable bonds is 6. The van der Waals surface area contributed by atoms with Crippen LogP contribution in [0.2, 0.25) is 0 Å². The Balaban J connectivity index is 1.40. The highest BCUT2D eigenvalue weighted by molar-refractivity contribution is 7.20. The van der Waals surface area contributed by atoms with Crippen molar-refractivity contribution in [1.82, 2.24) is 9.97 Å². The van der Waals surface area contributed by atoms with E-state index in [1.165, 1.54) is 11.3 Å². The summed E-state index contributed by atoms with van der Waals surface area (Å²) in [4.78, 5) is 22.4. The molecule has 0 saturated carbocycles. The summed E-state index contributed by atoms with van der Waals surface area (Å²) in [6, 6.07) is 9.95. The smallest absolute Gasteiger partial charge is 0.228 e. The molecule has 1 saturated heterocycles. The third kappa shape index (κ3) is 4.76. The molecule has 4 rings (SSSR count). The molecule has 8 heteroatoms. The predicted molar refractivity (Wildman–Crippen MR) is 115 cm³/mol. The molecular weight excluding hydrogens is 392 g/mol. The van der Waals surface area contributed by atoms with Gasteiger partial charge in [0.25, 0.3) is 0 Å². The molecule has 0 spiro atoms. The Hall–Kier alpha value is -2.29. The second-order valence-electron chi connectivity index (χ2n) is 6.70.